The first-order valence-corrected chi connectivity index (χ1v) is 6.43. The number of nitrogens with zero attached hydrogens (tertiary/aromatic N) is 1. The molecule has 1 heterocycles. The maximum atomic E-state index is 5.80. The summed E-state index contributed by atoms with van der Waals surface area (Å²) in [5.41, 5.74) is 8.91. The Kier molecular flexibility index (Phi) is 2.35. The molecule has 2 aromatic rings. The molecule has 17 heavy (non-hydrogen) atoms. The summed E-state index contributed by atoms with van der Waals surface area (Å²) in [6, 6.07) is 5.88. The third-order valence-corrected chi connectivity index (χ3v) is 4.03. The summed E-state index contributed by atoms with van der Waals surface area (Å²) in [6.45, 7) is 2.33. The first-order chi connectivity index (χ1) is 8.17. The molecule has 1 aliphatic carbocycles. The van der Waals surface area contributed by atoms with Gasteiger partial charge in [-0.15, -0.1) is 0 Å². The van der Waals surface area contributed by atoms with Crippen molar-refractivity contribution in [2.24, 2.45) is 0 Å². The van der Waals surface area contributed by atoms with E-state index in [1.807, 2.05) is 18.2 Å². The molecule has 3 heteroatoms. The fourth-order valence-electron chi connectivity index (χ4n) is 2.88. The number of benzene rings is 1. The van der Waals surface area contributed by atoms with Crippen molar-refractivity contribution in [3.63, 3.8) is 0 Å². The average Bonchev–Trinajstić information content (AvgIpc) is 2.73. The lowest BCUT2D eigenvalue weighted by Crippen LogP contribution is -2.26. The number of aromatic nitrogens is 2. The molecule has 1 aliphatic rings. The minimum Gasteiger partial charge on any atom is -0.399 e. The Morgan fingerprint density at radius 3 is 2.76 bits per heavy atom. The van der Waals surface area contributed by atoms with Gasteiger partial charge in [0.2, 0.25) is 0 Å². The van der Waals surface area contributed by atoms with Crippen LogP contribution in [0, 0.1) is 0 Å². The third-order valence-electron chi connectivity index (χ3n) is 4.03. The molecule has 3 rings (SSSR count). The van der Waals surface area contributed by atoms with Crippen LogP contribution in [-0.2, 0) is 5.41 Å². The van der Waals surface area contributed by atoms with Crippen molar-refractivity contribution in [1.82, 2.24) is 9.97 Å². The van der Waals surface area contributed by atoms with E-state index in [2.05, 4.69) is 11.9 Å². The van der Waals surface area contributed by atoms with Crippen LogP contribution in [0.25, 0.3) is 11.0 Å². The highest BCUT2D eigenvalue weighted by atomic mass is 14.9. The number of nitrogens with one attached hydrogen (secondary N) is 1. The Labute approximate surface area is 101 Å². The normalized spacial score (nSPS) is 19.6. The van der Waals surface area contributed by atoms with Crippen molar-refractivity contribution in [1.29, 1.82) is 0 Å². The van der Waals surface area contributed by atoms with Crippen LogP contribution in [-0.4, -0.2) is 9.97 Å². The zero-order valence-corrected chi connectivity index (χ0v) is 10.3. The van der Waals surface area contributed by atoms with Gasteiger partial charge in [-0.3, -0.25) is 0 Å². The summed E-state index contributed by atoms with van der Waals surface area (Å²) in [4.78, 5) is 8.19. The lowest BCUT2D eigenvalue weighted by molar-refractivity contribution is 0.306. The topological polar surface area (TPSA) is 54.7 Å². The first-order valence-electron chi connectivity index (χ1n) is 6.43. The summed E-state index contributed by atoms with van der Waals surface area (Å²) in [6.07, 6.45) is 6.47. The van der Waals surface area contributed by atoms with E-state index in [4.69, 9.17) is 10.7 Å². The molecule has 3 N–H and O–H groups in total. The number of hydrogen-bond donors (Lipinski definition) is 2. The second-order valence-electron chi connectivity index (χ2n) is 5.48. The van der Waals surface area contributed by atoms with Gasteiger partial charge in [0.1, 0.15) is 5.82 Å². The quantitative estimate of drug-likeness (QED) is 0.737. The van der Waals surface area contributed by atoms with Crippen molar-refractivity contribution in [2.45, 2.75) is 44.4 Å². The molecule has 1 aromatic carbocycles. The van der Waals surface area contributed by atoms with Crippen molar-refractivity contribution in [2.75, 3.05) is 5.73 Å². The fraction of sp³-hybridized carbons (Fsp3) is 0.500. The highest BCUT2D eigenvalue weighted by Gasteiger charge is 2.31. The van der Waals surface area contributed by atoms with Gasteiger partial charge in [0.15, 0.2) is 0 Å². The van der Waals surface area contributed by atoms with Crippen LogP contribution in [0.15, 0.2) is 18.2 Å². The van der Waals surface area contributed by atoms with E-state index in [0.29, 0.717) is 0 Å². The van der Waals surface area contributed by atoms with Crippen LogP contribution in [0.3, 0.4) is 0 Å². The summed E-state index contributed by atoms with van der Waals surface area (Å²) >= 11 is 0. The number of rotatable bonds is 1. The van der Waals surface area contributed by atoms with Crippen molar-refractivity contribution < 1.29 is 0 Å². The molecule has 0 bridgehead atoms. The van der Waals surface area contributed by atoms with Gasteiger partial charge in [-0.2, -0.15) is 0 Å². The van der Waals surface area contributed by atoms with Gasteiger partial charge in [-0.25, -0.2) is 4.98 Å². The Morgan fingerprint density at radius 2 is 2.00 bits per heavy atom. The zero-order valence-electron chi connectivity index (χ0n) is 10.3. The first kappa shape index (κ1) is 10.6. The van der Waals surface area contributed by atoms with E-state index in [1.165, 1.54) is 32.1 Å². The molecule has 1 fully saturated rings. The van der Waals surface area contributed by atoms with E-state index in [9.17, 15) is 0 Å². The molecule has 0 aliphatic heterocycles. The molecule has 0 spiro atoms. The highest BCUT2D eigenvalue weighted by Crippen LogP contribution is 2.38. The van der Waals surface area contributed by atoms with Crippen molar-refractivity contribution in [3.05, 3.63) is 24.0 Å². The molecule has 90 valence electrons. The Balaban J connectivity index is 2.05. The predicted molar refractivity (Wildman–Crippen MR) is 70.9 cm³/mol. The van der Waals surface area contributed by atoms with Gasteiger partial charge in [0, 0.05) is 11.1 Å². The maximum absolute atomic E-state index is 5.80. The summed E-state index contributed by atoms with van der Waals surface area (Å²) in [5, 5.41) is 0. The second kappa shape index (κ2) is 3.76. The van der Waals surface area contributed by atoms with Gasteiger partial charge in [-0.1, -0.05) is 26.2 Å². The van der Waals surface area contributed by atoms with Gasteiger partial charge >= 0.3 is 0 Å². The molecule has 0 atom stereocenters. The molecule has 0 amide bonds. The molecular weight excluding hydrogens is 210 g/mol. The molecule has 3 nitrogen and oxygen atoms in total. The van der Waals surface area contributed by atoms with Crippen LogP contribution in [0.4, 0.5) is 5.69 Å². The largest absolute Gasteiger partial charge is 0.399 e. The van der Waals surface area contributed by atoms with E-state index in [0.717, 1.165) is 22.5 Å². The van der Waals surface area contributed by atoms with Gasteiger partial charge in [0.05, 0.1) is 11.0 Å². The predicted octanol–water partition coefficient (Wildman–Crippen LogP) is 3.37. The third kappa shape index (κ3) is 1.79. The molecule has 1 aromatic heterocycles. The van der Waals surface area contributed by atoms with E-state index in [-0.39, 0.29) is 5.41 Å². The number of fused-ring (bicyclic) bond motifs is 1. The van der Waals surface area contributed by atoms with Crippen LogP contribution in [0.5, 0.6) is 0 Å². The van der Waals surface area contributed by atoms with Crippen LogP contribution < -0.4 is 5.73 Å². The lowest BCUT2D eigenvalue weighted by atomic mass is 9.75. The second-order valence-corrected chi connectivity index (χ2v) is 5.48. The fourth-order valence-corrected chi connectivity index (χ4v) is 2.88. The number of hydrogen-bond acceptors (Lipinski definition) is 2. The number of nitrogens with two attached hydrogens (primary N) is 1. The summed E-state index contributed by atoms with van der Waals surface area (Å²) < 4.78 is 0. The molecule has 0 unspecified atom stereocenters. The number of nitrogen functional groups attached to an aromatic ring is 1. The zero-order chi connectivity index (χ0) is 11.9. The Hall–Kier alpha value is -1.51. The van der Waals surface area contributed by atoms with Crippen LogP contribution in [0.2, 0.25) is 0 Å². The molecular formula is C14H19N3. The standard InChI is InChI=1S/C14H19N3/c1-14(7-3-2-4-8-14)13-16-11-6-5-10(15)9-12(11)17-13/h5-6,9H,2-4,7-8,15H2,1H3,(H,16,17). The monoisotopic (exact) mass is 229 g/mol. The number of aromatic amines is 1. The SMILES string of the molecule is CC1(c2nc3ccc(N)cc3[nH]2)CCCCC1. The molecule has 0 saturated heterocycles. The summed E-state index contributed by atoms with van der Waals surface area (Å²) in [5.74, 6) is 1.14. The number of imidazole rings is 1. The van der Waals surface area contributed by atoms with E-state index < -0.39 is 0 Å². The van der Waals surface area contributed by atoms with E-state index in [1.54, 1.807) is 0 Å². The smallest absolute Gasteiger partial charge is 0.113 e. The van der Waals surface area contributed by atoms with Crippen molar-refractivity contribution in [3.8, 4) is 0 Å². The van der Waals surface area contributed by atoms with Gasteiger partial charge < -0.3 is 10.7 Å². The number of H-pyrrole nitrogens is 1. The Bertz CT molecular complexity index is 535. The Morgan fingerprint density at radius 1 is 1.24 bits per heavy atom. The molecule has 0 radical (unpaired) electrons. The van der Waals surface area contributed by atoms with E-state index >= 15 is 0 Å². The van der Waals surface area contributed by atoms with Gasteiger partial charge in [-0.05, 0) is 31.0 Å². The molecule has 1 saturated carbocycles. The highest BCUT2D eigenvalue weighted by molar-refractivity contribution is 5.78. The number of anilines is 1. The lowest BCUT2D eigenvalue weighted by Gasteiger charge is -2.31. The average molecular weight is 229 g/mol. The van der Waals surface area contributed by atoms with Crippen LogP contribution in [0.1, 0.15) is 44.9 Å². The summed E-state index contributed by atoms with van der Waals surface area (Å²) in [7, 11) is 0. The van der Waals surface area contributed by atoms with Crippen molar-refractivity contribution >= 4 is 16.7 Å². The van der Waals surface area contributed by atoms with Crippen LogP contribution >= 0.6 is 0 Å². The minimum absolute atomic E-state index is 0.228. The maximum Gasteiger partial charge on any atom is 0.113 e. The van der Waals surface area contributed by atoms with Gasteiger partial charge in [0.25, 0.3) is 0 Å². The minimum atomic E-state index is 0.228.